The highest BCUT2D eigenvalue weighted by molar-refractivity contribution is 5.76. The lowest BCUT2D eigenvalue weighted by Gasteiger charge is -2.20. The third-order valence-corrected chi connectivity index (χ3v) is 14.1. The molecule has 0 aliphatic carbocycles. The third-order valence-electron chi connectivity index (χ3n) is 14.1. The number of amides is 1. The lowest BCUT2D eigenvalue weighted by Crippen LogP contribution is -2.45. The minimum atomic E-state index is -0.839. The van der Waals surface area contributed by atoms with Crippen LogP contribution < -0.4 is 5.32 Å². The molecule has 0 bridgehead atoms. The van der Waals surface area contributed by atoms with Crippen LogP contribution in [0.1, 0.15) is 335 Å². The molecule has 0 aromatic rings. The minimum absolute atomic E-state index is 0.0183. The molecule has 0 aliphatic rings. The lowest BCUT2D eigenvalue weighted by molar-refractivity contribution is -0.143. The fraction of sp³-hybridized carbons (Fsp3) is 0.933. The van der Waals surface area contributed by atoms with Crippen LogP contribution in [-0.4, -0.2) is 47.4 Å². The number of nitrogens with one attached hydrogen (secondary N) is 1. The number of hydrogen-bond donors (Lipinski definition) is 3. The number of unbranched alkanes of at least 4 members (excludes halogenated alkanes) is 45. The molecule has 0 fully saturated rings. The molecule has 2 atom stereocenters. The van der Waals surface area contributed by atoms with Gasteiger partial charge in [-0.05, 0) is 32.1 Å². The van der Waals surface area contributed by atoms with Gasteiger partial charge >= 0.3 is 5.97 Å². The Morgan fingerprint density at radius 3 is 1.03 bits per heavy atom. The summed E-state index contributed by atoms with van der Waals surface area (Å²) in [5.74, 6) is -0.0471. The monoisotopic (exact) mass is 932 g/mol. The summed E-state index contributed by atoms with van der Waals surface area (Å²) in [6.07, 6.45) is 66.9. The molecule has 0 saturated carbocycles. The van der Waals surface area contributed by atoms with E-state index in [0.29, 0.717) is 19.4 Å². The summed E-state index contributed by atoms with van der Waals surface area (Å²) in [7, 11) is 0. The molecule has 0 aromatic heterocycles. The Labute approximate surface area is 412 Å². The number of allylic oxidation sites excluding steroid dienone is 1. The first-order chi connectivity index (χ1) is 32.5. The normalized spacial score (nSPS) is 12.6. The van der Waals surface area contributed by atoms with E-state index in [9.17, 15) is 19.8 Å². The van der Waals surface area contributed by atoms with Crippen molar-refractivity contribution in [2.24, 2.45) is 0 Å². The fourth-order valence-corrected chi connectivity index (χ4v) is 9.46. The van der Waals surface area contributed by atoms with Gasteiger partial charge in [-0.3, -0.25) is 9.59 Å². The van der Waals surface area contributed by atoms with Crippen LogP contribution in [0, 0.1) is 0 Å². The number of ether oxygens (including phenoxy) is 1. The molecular weight excluding hydrogens is 815 g/mol. The SMILES string of the molecule is CCCCCCCCCC/C=C/C(O)C(CO)NC(=O)CCCCCCCCCCCCCCCCCCCCCCCCCCCCCCOC(=O)CCCCCCCCCCCCC. The summed E-state index contributed by atoms with van der Waals surface area (Å²) in [5, 5.41) is 23.0. The van der Waals surface area contributed by atoms with Gasteiger partial charge in [-0.1, -0.05) is 302 Å². The van der Waals surface area contributed by atoms with E-state index in [0.717, 1.165) is 38.5 Å². The van der Waals surface area contributed by atoms with Crippen molar-refractivity contribution < 1.29 is 24.5 Å². The van der Waals surface area contributed by atoms with Gasteiger partial charge in [0.1, 0.15) is 0 Å². The largest absolute Gasteiger partial charge is 0.466 e. The maximum Gasteiger partial charge on any atom is 0.305 e. The standard InChI is InChI=1S/C60H117NO5/c1-3-5-7-9-11-13-33-38-42-46-50-54-60(65)66-55-51-47-43-39-35-32-30-28-26-24-22-20-18-16-15-17-19-21-23-25-27-29-31-34-37-41-45-49-53-59(64)61-57(56-62)58(63)52-48-44-40-36-14-12-10-8-6-4-2/h48,52,57-58,62-63H,3-47,49-51,53-56H2,1-2H3,(H,61,64)/b52-48+. The number of carbonyl (C=O) groups excluding carboxylic acids is 2. The van der Waals surface area contributed by atoms with E-state index in [4.69, 9.17) is 4.74 Å². The zero-order valence-corrected chi connectivity index (χ0v) is 44.7. The van der Waals surface area contributed by atoms with Crippen LogP contribution in [0.4, 0.5) is 0 Å². The smallest absolute Gasteiger partial charge is 0.305 e. The first-order valence-electron chi connectivity index (χ1n) is 30.0. The number of aliphatic hydroxyl groups is 2. The molecule has 0 heterocycles. The van der Waals surface area contributed by atoms with E-state index < -0.39 is 12.1 Å². The van der Waals surface area contributed by atoms with Crippen molar-refractivity contribution >= 4 is 11.9 Å². The Morgan fingerprint density at radius 2 is 0.697 bits per heavy atom. The number of carbonyl (C=O) groups is 2. The molecule has 3 N–H and O–H groups in total. The third kappa shape index (κ3) is 52.0. The van der Waals surface area contributed by atoms with Crippen molar-refractivity contribution in [2.75, 3.05) is 13.2 Å². The van der Waals surface area contributed by atoms with Gasteiger partial charge in [-0.25, -0.2) is 0 Å². The fourth-order valence-electron chi connectivity index (χ4n) is 9.46. The van der Waals surface area contributed by atoms with Gasteiger partial charge in [0, 0.05) is 12.8 Å². The van der Waals surface area contributed by atoms with Gasteiger partial charge in [0.25, 0.3) is 0 Å². The predicted octanol–water partition coefficient (Wildman–Crippen LogP) is 18.5. The number of aliphatic hydroxyl groups excluding tert-OH is 2. The number of hydrogen-bond acceptors (Lipinski definition) is 5. The van der Waals surface area contributed by atoms with Crippen molar-refractivity contribution in [1.82, 2.24) is 5.32 Å². The molecule has 2 unspecified atom stereocenters. The molecule has 0 aromatic carbocycles. The van der Waals surface area contributed by atoms with Crippen LogP contribution in [0.15, 0.2) is 12.2 Å². The van der Waals surface area contributed by atoms with Gasteiger partial charge in [0.05, 0.1) is 25.4 Å². The van der Waals surface area contributed by atoms with Gasteiger partial charge in [0.2, 0.25) is 5.91 Å². The molecular formula is C60H117NO5. The summed E-state index contributed by atoms with van der Waals surface area (Å²) < 4.78 is 5.47. The highest BCUT2D eigenvalue weighted by atomic mass is 16.5. The molecule has 6 heteroatoms. The van der Waals surface area contributed by atoms with Crippen LogP contribution >= 0.6 is 0 Å². The maximum absolute atomic E-state index is 12.4. The van der Waals surface area contributed by atoms with E-state index in [1.807, 2.05) is 6.08 Å². The van der Waals surface area contributed by atoms with Crippen LogP contribution in [0.5, 0.6) is 0 Å². The van der Waals surface area contributed by atoms with E-state index in [1.54, 1.807) is 6.08 Å². The quantitative estimate of drug-likeness (QED) is 0.0321. The van der Waals surface area contributed by atoms with Crippen LogP contribution in [0.25, 0.3) is 0 Å². The zero-order chi connectivity index (χ0) is 47.9. The summed E-state index contributed by atoms with van der Waals surface area (Å²) >= 11 is 0. The Bertz CT molecular complexity index is 986. The van der Waals surface area contributed by atoms with Crippen LogP contribution in [0.2, 0.25) is 0 Å². The average Bonchev–Trinajstić information content (AvgIpc) is 3.32. The molecule has 6 nitrogen and oxygen atoms in total. The molecule has 1 amide bonds. The molecule has 392 valence electrons. The van der Waals surface area contributed by atoms with Gasteiger partial charge in [-0.15, -0.1) is 0 Å². The predicted molar refractivity (Wildman–Crippen MR) is 287 cm³/mol. The first kappa shape index (κ1) is 64.6. The highest BCUT2D eigenvalue weighted by Gasteiger charge is 2.18. The molecule has 0 spiro atoms. The molecule has 0 saturated heterocycles. The van der Waals surface area contributed by atoms with Gasteiger partial charge in [-0.2, -0.15) is 0 Å². The Hall–Kier alpha value is -1.40. The molecule has 0 rings (SSSR count). The zero-order valence-electron chi connectivity index (χ0n) is 44.7. The van der Waals surface area contributed by atoms with Crippen molar-refractivity contribution in [1.29, 1.82) is 0 Å². The Morgan fingerprint density at radius 1 is 0.409 bits per heavy atom. The molecule has 66 heavy (non-hydrogen) atoms. The topological polar surface area (TPSA) is 95.9 Å². The Kier molecular flexibility index (Phi) is 55.0. The van der Waals surface area contributed by atoms with Gasteiger partial charge < -0.3 is 20.3 Å². The highest BCUT2D eigenvalue weighted by Crippen LogP contribution is 2.18. The van der Waals surface area contributed by atoms with E-state index >= 15 is 0 Å². The second-order valence-electron chi connectivity index (χ2n) is 20.7. The summed E-state index contributed by atoms with van der Waals surface area (Å²) in [5.41, 5.74) is 0. The maximum atomic E-state index is 12.4. The van der Waals surface area contributed by atoms with Gasteiger partial charge in [0.15, 0.2) is 0 Å². The second-order valence-corrected chi connectivity index (χ2v) is 20.7. The molecule has 0 radical (unpaired) electrons. The number of esters is 1. The molecule has 0 aliphatic heterocycles. The van der Waals surface area contributed by atoms with E-state index in [1.165, 1.54) is 270 Å². The average molecular weight is 933 g/mol. The van der Waals surface area contributed by atoms with E-state index in [2.05, 4.69) is 19.2 Å². The van der Waals surface area contributed by atoms with Crippen LogP contribution in [-0.2, 0) is 14.3 Å². The number of rotatable bonds is 56. The van der Waals surface area contributed by atoms with E-state index in [-0.39, 0.29) is 18.5 Å². The Balaban J connectivity index is 3.32. The van der Waals surface area contributed by atoms with Crippen LogP contribution in [0.3, 0.4) is 0 Å². The van der Waals surface area contributed by atoms with Crippen molar-refractivity contribution in [3.05, 3.63) is 12.2 Å². The summed E-state index contributed by atoms with van der Waals surface area (Å²) in [6, 6.07) is -0.622. The second kappa shape index (κ2) is 56.2. The van der Waals surface area contributed by atoms with Crippen molar-refractivity contribution in [2.45, 2.75) is 347 Å². The van der Waals surface area contributed by atoms with Crippen molar-refractivity contribution in [3.63, 3.8) is 0 Å². The van der Waals surface area contributed by atoms with Crippen molar-refractivity contribution in [3.8, 4) is 0 Å². The summed E-state index contributed by atoms with van der Waals surface area (Å²) in [4.78, 5) is 24.4. The first-order valence-corrected chi connectivity index (χ1v) is 30.0. The summed E-state index contributed by atoms with van der Waals surface area (Å²) in [6.45, 7) is 4.90. The minimum Gasteiger partial charge on any atom is -0.466 e. The lowest BCUT2D eigenvalue weighted by atomic mass is 10.0.